The van der Waals surface area contributed by atoms with Crippen molar-refractivity contribution in [2.45, 2.75) is 32.2 Å². The van der Waals surface area contributed by atoms with E-state index in [0.29, 0.717) is 40.4 Å². The van der Waals surface area contributed by atoms with Crippen LogP contribution in [0.1, 0.15) is 54.0 Å². The number of carbonyl (C=O) groups is 1. The Kier molecular flexibility index (Phi) is 4.74. The van der Waals surface area contributed by atoms with Gasteiger partial charge in [-0.1, -0.05) is 43.1 Å². The lowest BCUT2D eigenvalue weighted by Crippen LogP contribution is -2.32. The Bertz CT molecular complexity index is 786. The zero-order valence-corrected chi connectivity index (χ0v) is 15.3. The highest BCUT2D eigenvalue weighted by molar-refractivity contribution is 6.43. The summed E-state index contributed by atoms with van der Waals surface area (Å²) in [7, 11) is 1.84. The fourth-order valence-electron chi connectivity index (χ4n) is 2.92. The fourth-order valence-corrected chi connectivity index (χ4v) is 3.29. The van der Waals surface area contributed by atoms with Crippen molar-refractivity contribution >= 4 is 29.1 Å². The summed E-state index contributed by atoms with van der Waals surface area (Å²) in [5, 5.41) is 8.15. The first kappa shape index (κ1) is 17.1. The molecule has 1 N–H and O–H groups in total. The van der Waals surface area contributed by atoms with Crippen LogP contribution in [0.15, 0.2) is 18.2 Å². The second-order valence-electron chi connectivity index (χ2n) is 6.18. The fraction of sp³-hybridized carbons (Fsp3) is 0.412. The summed E-state index contributed by atoms with van der Waals surface area (Å²) in [6, 6.07) is 5.20. The molecule has 0 saturated carbocycles. The lowest BCUT2D eigenvalue weighted by Gasteiger charge is -2.27. The average Bonchev–Trinajstić information content (AvgIpc) is 2.94. The number of aromatic nitrogens is 2. The molecule has 1 amide bonds. The second kappa shape index (κ2) is 6.65. The van der Waals surface area contributed by atoms with Crippen LogP contribution < -0.4 is 10.1 Å². The number of nitrogens with zero attached hydrogens (tertiary/aromatic N) is 2. The van der Waals surface area contributed by atoms with Crippen LogP contribution in [0.2, 0.25) is 10.0 Å². The van der Waals surface area contributed by atoms with Gasteiger partial charge in [-0.15, -0.1) is 0 Å². The number of hydrogen-bond donors (Lipinski definition) is 1. The summed E-state index contributed by atoms with van der Waals surface area (Å²) in [5.41, 5.74) is 2.26. The van der Waals surface area contributed by atoms with Gasteiger partial charge in [-0.05, 0) is 18.1 Å². The SMILES string of the molecule is CC(C)c1cc(C(=O)NC2CCOc3c2ccc(Cl)c3Cl)nn1C. The molecule has 2 heterocycles. The molecule has 5 nitrogen and oxygen atoms in total. The summed E-state index contributed by atoms with van der Waals surface area (Å²) in [6.45, 7) is 4.61. The standard InChI is InChI=1S/C17H19Cl2N3O2/c1-9(2)14-8-13(21-22(14)3)17(23)20-12-6-7-24-16-10(12)4-5-11(18)15(16)19/h4-5,8-9,12H,6-7H2,1-3H3,(H,20,23). The largest absolute Gasteiger partial charge is 0.492 e. The molecule has 0 bridgehead atoms. The van der Waals surface area contributed by atoms with Gasteiger partial charge in [0.1, 0.15) is 16.5 Å². The van der Waals surface area contributed by atoms with Crippen molar-refractivity contribution in [3.63, 3.8) is 0 Å². The summed E-state index contributed by atoms with van der Waals surface area (Å²) in [4.78, 5) is 12.6. The Morgan fingerprint density at radius 1 is 1.42 bits per heavy atom. The smallest absolute Gasteiger partial charge is 0.272 e. The normalized spacial score (nSPS) is 16.7. The van der Waals surface area contributed by atoms with Crippen LogP contribution in [0, 0.1) is 0 Å². The van der Waals surface area contributed by atoms with Gasteiger partial charge in [-0.3, -0.25) is 9.48 Å². The average molecular weight is 368 g/mol. The lowest BCUT2D eigenvalue weighted by molar-refractivity contribution is 0.0919. The topological polar surface area (TPSA) is 56.1 Å². The number of rotatable bonds is 3. The van der Waals surface area contributed by atoms with Crippen LogP contribution in [-0.2, 0) is 7.05 Å². The molecule has 0 saturated heterocycles. The van der Waals surface area contributed by atoms with Gasteiger partial charge in [0.15, 0.2) is 0 Å². The van der Waals surface area contributed by atoms with Crippen molar-refractivity contribution in [2.75, 3.05) is 6.61 Å². The molecule has 1 atom stereocenters. The first-order valence-corrected chi connectivity index (χ1v) is 8.59. The summed E-state index contributed by atoms with van der Waals surface area (Å²) >= 11 is 12.2. The molecular weight excluding hydrogens is 349 g/mol. The van der Waals surface area contributed by atoms with E-state index in [-0.39, 0.29) is 11.9 Å². The van der Waals surface area contributed by atoms with E-state index in [1.807, 2.05) is 19.2 Å². The first-order chi connectivity index (χ1) is 11.4. The maximum Gasteiger partial charge on any atom is 0.272 e. The number of fused-ring (bicyclic) bond motifs is 1. The molecule has 0 aliphatic carbocycles. The quantitative estimate of drug-likeness (QED) is 0.887. The number of benzene rings is 1. The Labute approximate surface area is 150 Å². The van der Waals surface area contributed by atoms with Gasteiger partial charge in [0.25, 0.3) is 5.91 Å². The predicted octanol–water partition coefficient (Wildman–Crippen LogP) is 4.10. The van der Waals surface area contributed by atoms with Crippen molar-refractivity contribution < 1.29 is 9.53 Å². The second-order valence-corrected chi connectivity index (χ2v) is 6.96. The molecule has 1 aromatic heterocycles. The van der Waals surface area contributed by atoms with Crippen LogP contribution in [0.25, 0.3) is 0 Å². The Balaban J connectivity index is 1.84. The van der Waals surface area contributed by atoms with Crippen molar-refractivity contribution in [2.24, 2.45) is 7.05 Å². The molecule has 1 aliphatic heterocycles. The van der Waals surface area contributed by atoms with Crippen molar-refractivity contribution in [1.82, 2.24) is 15.1 Å². The van der Waals surface area contributed by atoms with E-state index in [4.69, 9.17) is 27.9 Å². The first-order valence-electron chi connectivity index (χ1n) is 7.84. The molecule has 128 valence electrons. The molecule has 24 heavy (non-hydrogen) atoms. The molecule has 7 heteroatoms. The van der Waals surface area contributed by atoms with E-state index >= 15 is 0 Å². The lowest BCUT2D eigenvalue weighted by atomic mass is 10.0. The molecule has 1 aromatic carbocycles. The van der Waals surface area contributed by atoms with Crippen LogP contribution >= 0.6 is 23.2 Å². The maximum absolute atomic E-state index is 12.6. The number of ether oxygens (including phenoxy) is 1. The van der Waals surface area contributed by atoms with Crippen LogP contribution in [-0.4, -0.2) is 22.3 Å². The maximum atomic E-state index is 12.6. The summed E-state index contributed by atoms with van der Waals surface area (Å²) < 4.78 is 7.36. The van der Waals surface area contributed by atoms with Crippen molar-refractivity contribution in [3.8, 4) is 5.75 Å². The molecular formula is C17H19Cl2N3O2. The monoisotopic (exact) mass is 367 g/mol. The zero-order valence-electron chi connectivity index (χ0n) is 13.8. The van der Waals surface area contributed by atoms with Gasteiger partial charge < -0.3 is 10.1 Å². The minimum absolute atomic E-state index is 0.180. The van der Waals surface area contributed by atoms with E-state index in [1.165, 1.54) is 0 Å². The Morgan fingerprint density at radius 2 is 2.17 bits per heavy atom. The Morgan fingerprint density at radius 3 is 2.83 bits per heavy atom. The highest BCUT2D eigenvalue weighted by Crippen LogP contribution is 2.41. The molecule has 3 rings (SSSR count). The van der Waals surface area contributed by atoms with Crippen LogP contribution in [0.4, 0.5) is 0 Å². The van der Waals surface area contributed by atoms with Crippen molar-refractivity contribution in [1.29, 1.82) is 0 Å². The number of carbonyl (C=O) groups excluding carboxylic acids is 1. The molecule has 0 fully saturated rings. The number of amides is 1. The van der Waals surface area contributed by atoms with E-state index in [9.17, 15) is 4.79 Å². The van der Waals surface area contributed by atoms with E-state index in [2.05, 4.69) is 24.3 Å². The number of aryl methyl sites for hydroxylation is 1. The molecule has 1 aliphatic rings. The van der Waals surface area contributed by atoms with E-state index in [0.717, 1.165) is 11.3 Å². The minimum Gasteiger partial charge on any atom is -0.492 e. The van der Waals surface area contributed by atoms with Gasteiger partial charge in [-0.2, -0.15) is 5.10 Å². The van der Waals surface area contributed by atoms with Gasteiger partial charge in [0, 0.05) is 24.7 Å². The van der Waals surface area contributed by atoms with Gasteiger partial charge in [0.05, 0.1) is 17.7 Å². The zero-order chi connectivity index (χ0) is 17.4. The summed E-state index contributed by atoms with van der Waals surface area (Å²) in [6.07, 6.45) is 0.667. The van der Waals surface area contributed by atoms with Gasteiger partial charge in [-0.25, -0.2) is 0 Å². The van der Waals surface area contributed by atoms with Gasteiger partial charge >= 0.3 is 0 Å². The predicted molar refractivity (Wildman–Crippen MR) is 94.1 cm³/mol. The third-order valence-electron chi connectivity index (χ3n) is 4.15. The van der Waals surface area contributed by atoms with Crippen LogP contribution in [0.5, 0.6) is 5.75 Å². The Hall–Kier alpha value is -1.72. The third kappa shape index (κ3) is 3.10. The van der Waals surface area contributed by atoms with Gasteiger partial charge in [0.2, 0.25) is 0 Å². The number of hydrogen-bond acceptors (Lipinski definition) is 3. The third-order valence-corrected chi connectivity index (χ3v) is 4.94. The molecule has 2 aromatic rings. The minimum atomic E-state index is -0.207. The number of halogens is 2. The van der Waals surface area contributed by atoms with Crippen LogP contribution in [0.3, 0.4) is 0 Å². The highest BCUT2D eigenvalue weighted by atomic mass is 35.5. The molecule has 0 spiro atoms. The number of nitrogens with one attached hydrogen (secondary N) is 1. The van der Waals surface area contributed by atoms with E-state index < -0.39 is 0 Å². The highest BCUT2D eigenvalue weighted by Gasteiger charge is 2.27. The summed E-state index contributed by atoms with van der Waals surface area (Å²) in [5.74, 6) is 0.639. The van der Waals surface area contributed by atoms with Crippen molar-refractivity contribution in [3.05, 3.63) is 45.2 Å². The molecule has 0 radical (unpaired) electrons. The van der Waals surface area contributed by atoms with E-state index in [1.54, 1.807) is 10.7 Å². The molecule has 1 unspecified atom stereocenters.